The van der Waals surface area contributed by atoms with Crippen LogP contribution in [0.3, 0.4) is 0 Å². The Morgan fingerprint density at radius 3 is 2.39 bits per heavy atom. The van der Waals surface area contributed by atoms with Gasteiger partial charge in [-0.25, -0.2) is 0 Å². The minimum Gasteiger partial charge on any atom is -0.350 e. The normalized spacial score (nSPS) is 23.4. The van der Waals surface area contributed by atoms with Crippen molar-refractivity contribution in [2.24, 2.45) is 23.5 Å². The molecule has 23 heavy (non-hydrogen) atoms. The first kappa shape index (κ1) is 17.8. The summed E-state index contributed by atoms with van der Waals surface area (Å²) in [6.45, 7) is 2.59. The first-order valence-corrected chi connectivity index (χ1v) is 7.99. The quantitative estimate of drug-likeness (QED) is 0.743. The van der Waals surface area contributed by atoms with Crippen LogP contribution in [0, 0.1) is 17.8 Å². The molecule has 3 rings (SSSR count). The number of carbonyl (C=O) groups is 2. The zero-order valence-electron chi connectivity index (χ0n) is 13.2. The summed E-state index contributed by atoms with van der Waals surface area (Å²) in [7, 11) is 0. The summed E-state index contributed by atoms with van der Waals surface area (Å²) in [5.41, 5.74) is 7.28. The third kappa shape index (κ3) is 4.69. The molecular formula is C17H24ClN3O2. The van der Waals surface area contributed by atoms with Crippen LogP contribution in [-0.4, -0.2) is 24.4 Å². The van der Waals surface area contributed by atoms with E-state index in [0.717, 1.165) is 12.1 Å². The Kier molecular flexibility index (Phi) is 5.65. The molecule has 2 fully saturated rings. The van der Waals surface area contributed by atoms with E-state index in [2.05, 4.69) is 17.6 Å². The summed E-state index contributed by atoms with van der Waals surface area (Å²) in [5, 5.41) is 5.75. The minimum atomic E-state index is -0.121. The lowest BCUT2D eigenvalue weighted by Crippen LogP contribution is -2.38. The van der Waals surface area contributed by atoms with Gasteiger partial charge in [-0.05, 0) is 55.4 Å². The highest BCUT2D eigenvalue weighted by atomic mass is 35.5. The van der Waals surface area contributed by atoms with Crippen LogP contribution in [0.5, 0.6) is 0 Å². The van der Waals surface area contributed by atoms with Crippen LogP contribution in [0.2, 0.25) is 0 Å². The fourth-order valence-electron chi connectivity index (χ4n) is 2.63. The second kappa shape index (κ2) is 7.32. The molecule has 5 nitrogen and oxygen atoms in total. The lowest BCUT2D eigenvalue weighted by atomic mass is 10.1. The van der Waals surface area contributed by atoms with E-state index >= 15 is 0 Å². The van der Waals surface area contributed by atoms with Gasteiger partial charge < -0.3 is 16.4 Å². The summed E-state index contributed by atoms with van der Waals surface area (Å²) in [6.07, 6.45) is 3.31. The smallest absolute Gasteiger partial charge is 0.251 e. The fourth-order valence-corrected chi connectivity index (χ4v) is 2.63. The fraction of sp³-hybridized carbons (Fsp3) is 0.529. The highest BCUT2D eigenvalue weighted by molar-refractivity contribution is 5.97. The molecule has 2 aliphatic carbocycles. The van der Waals surface area contributed by atoms with Gasteiger partial charge in [0.1, 0.15) is 0 Å². The number of hydrogen-bond acceptors (Lipinski definition) is 3. The van der Waals surface area contributed by atoms with Crippen molar-refractivity contribution in [3.63, 3.8) is 0 Å². The molecule has 1 aromatic carbocycles. The topological polar surface area (TPSA) is 84.2 Å². The Balaban J connectivity index is 0.00000192. The Morgan fingerprint density at radius 2 is 1.87 bits per heavy atom. The summed E-state index contributed by atoms with van der Waals surface area (Å²) in [5.74, 6) is 1.15. The maximum atomic E-state index is 12.0. The van der Waals surface area contributed by atoms with Crippen molar-refractivity contribution in [1.82, 2.24) is 5.32 Å². The van der Waals surface area contributed by atoms with Crippen molar-refractivity contribution in [3.05, 3.63) is 29.8 Å². The van der Waals surface area contributed by atoms with Crippen molar-refractivity contribution in [1.29, 1.82) is 0 Å². The minimum absolute atomic E-state index is 0. The van der Waals surface area contributed by atoms with Crippen LogP contribution in [0.15, 0.2) is 24.3 Å². The molecule has 0 spiro atoms. The molecule has 126 valence electrons. The van der Waals surface area contributed by atoms with E-state index in [9.17, 15) is 9.59 Å². The molecule has 1 aromatic rings. The van der Waals surface area contributed by atoms with Gasteiger partial charge in [-0.3, -0.25) is 9.59 Å². The molecule has 0 heterocycles. The number of anilines is 1. The zero-order valence-corrected chi connectivity index (χ0v) is 14.1. The molecule has 0 aliphatic heterocycles. The van der Waals surface area contributed by atoms with Crippen LogP contribution in [-0.2, 0) is 4.79 Å². The number of rotatable bonds is 6. The number of nitrogens with one attached hydrogen (secondary N) is 2. The Labute approximate surface area is 142 Å². The van der Waals surface area contributed by atoms with Gasteiger partial charge in [-0.15, -0.1) is 12.4 Å². The molecule has 2 saturated carbocycles. The second-order valence-corrected chi connectivity index (χ2v) is 6.60. The van der Waals surface area contributed by atoms with Crippen molar-refractivity contribution >= 4 is 29.9 Å². The SMILES string of the molecule is CC1CC1C(=O)Nc1ccc(C(=O)NCC(N)C2CC2)cc1.Cl. The van der Waals surface area contributed by atoms with E-state index in [1.54, 1.807) is 24.3 Å². The van der Waals surface area contributed by atoms with Crippen molar-refractivity contribution in [3.8, 4) is 0 Å². The van der Waals surface area contributed by atoms with Gasteiger partial charge in [-0.1, -0.05) is 6.92 Å². The maximum Gasteiger partial charge on any atom is 0.251 e. The second-order valence-electron chi connectivity index (χ2n) is 6.60. The molecule has 0 aromatic heterocycles. The summed E-state index contributed by atoms with van der Waals surface area (Å²) in [4.78, 5) is 23.9. The van der Waals surface area contributed by atoms with Crippen LogP contribution in [0.1, 0.15) is 36.5 Å². The van der Waals surface area contributed by atoms with Gasteiger partial charge in [-0.2, -0.15) is 0 Å². The van der Waals surface area contributed by atoms with Crippen molar-refractivity contribution in [2.45, 2.75) is 32.2 Å². The van der Waals surface area contributed by atoms with Gasteiger partial charge in [0.05, 0.1) is 0 Å². The largest absolute Gasteiger partial charge is 0.350 e. The molecule has 3 unspecified atom stereocenters. The van der Waals surface area contributed by atoms with Gasteiger partial charge in [0.15, 0.2) is 0 Å². The lowest BCUT2D eigenvalue weighted by molar-refractivity contribution is -0.117. The van der Waals surface area contributed by atoms with Crippen LogP contribution >= 0.6 is 12.4 Å². The highest BCUT2D eigenvalue weighted by Crippen LogP contribution is 2.38. The summed E-state index contributed by atoms with van der Waals surface area (Å²) >= 11 is 0. The number of nitrogens with two attached hydrogens (primary N) is 1. The van der Waals surface area contributed by atoms with E-state index in [1.807, 2.05) is 0 Å². The third-order valence-electron chi connectivity index (χ3n) is 4.59. The monoisotopic (exact) mass is 337 g/mol. The average Bonchev–Trinajstić information content (AvgIpc) is 3.40. The van der Waals surface area contributed by atoms with E-state index in [1.165, 1.54) is 12.8 Å². The molecule has 3 atom stereocenters. The highest BCUT2D eigenvalue weighted by Gasteiger charge is 2.39. The molecule has 0 radical (unpaired) electrons. The Bertz CT molecular complexity index is 572. The maximum absolute atomic E-state index is 12.0. The van der Waals surface area contributed by atoms with Crippen LogP contribution in [0.4, 0.5) is 5.69 Å². The third-order valence-corrected chi connectivity index (χ3v) is 4.59. The van der Waals surface area contributed by atoms with E-state index in [0.29, 0.717) is 23.9 Å². The molecular weight excluding hydrogens is 314 g/mol. The molecule has 4 N–H and O–H groups in total. The number of carbonyl (C=O) groups excluding carboxylic acids is 2. The molecule has 0 saturated heterocycles. The van der Waals surface area contributed by atoms with Crippen molar-refractivity contribution < 1.29 is 9.59 Å². The van der Waals surface area contributed by atoms with Crippen molar-refractivity contribution in [2.75, 3.05) is 11.9 Å². The Hall–Kier alpha value is -1.59. The summed E-state index contributed by atoms with van der Waals surface area (Å²) < 4.78 is 0. The van der Waals surface area contributed by atoms with E-state index < -0.39 is 0 Å². The van der Waals surface area contributed by atoms with Crippen LogP contribution < -0.4 is 16.4 Å². The van der Waals surface area contributed by atoms with Gasteiger partial charge >= 0.3 is 0 Å². The van der Waals surface area contributed by atoms with Crippen LogP contribution in [0.25, 0.3) is 0 Å². The van der Waals surface area contributed by atoms with Gasteiger partial charge in [0, 0.05) is 29.8 Å². The first-order chi connectivity index (χ1) is 10.5. The van der Waals surface area contributed by atoms with Gasteiger partial charge in [0.25, 0.3) is 5.91 Å². The van der Waals surface area contributed by atoms with E-state index in [-0.39, 0.29) is 36.2 Å². The van der Waals surface area contributed by atoms with E-state index in [4.69, 9.17) is 5.73 Å². The molecule has 2 aliphatic rings. The number of hydrogen-bond donors (Lipinski definition) is 3. The molecule has 6 heteroatoms. The first-order valence-electron chi connectivity index (χ1n) is 7.99. The Morgan fingerprint density at radius 1 is 1.26 bits per heavy atom. The standard InChI is InChI=1S/C17H23N3O2.ClH/c1-10-8-14(10)17(22)20-13-6-4-12(5-7-13)16(21)19-9-15(18)11-2-3-11;/h4-7,10-11,14-15H,2-3,8-9,18H2,1H3,(H,19,21)(H,20,22);1H. The lowest BCUT2D eigenvalue weighted by Gasteiger charge is -2.12. The summed E-state index contributed by atoms with van der Waals surface area (Å²) in [6, 6.07) is 7.04. The van der Waals surface area contributed by atoms with Gasteiger partial charge in [0.2, 0.25) is 5.91 Å². The predicted molar refractivity (Wildman–Crippen MR) is 92.6 cm³/mol. The number of amides is 2. The number of benzene rings is 1. The average molecular weight is 338 g/mol. The molecule has 0 bridgehead atoms. The zero-order chi connectivity index (χ0) is 15.7. The predicted octanol–water partition coefficient (Wildman–Crippen LogP) is 2.17. The molecule has 2 amide bonds. The number of halogens is 1.